The SMILES string of the molecule is CC(=O)CCCCCOc1ccccc1CN(C(=O)c1ccc(Br)cc1)C1CC1. The number of carbonyl (C=O) groups excluding carboxylic acids is 2. The summed E-state index contributed by atoms with van der Waals surface area (Å²) < 4.78 is 6.98. The van der Waals surface area contributed by atoms with E-state index in [1.165, 1.54) is 0 Å². The molecule has 1 aliphatic rings. The van der Waals surface area contributed by atoms with E-state index in [4.69, 9.17) is 4.74 Å². The first-order valence-electron chi connectivity index (χ1n) is 10.3. The molecular formula is C24H28BrNO3. The number of unbranched alkanes of at least 4 members (excludes halogenated alkanes) is 2. The van der Waals surface area contributed by atoms with E-state index in [0.717, 1.165) is 47.9 Å². The number of amides is 1. The van der Waals surface area contributed by atoms with Crippen molar-refractivity contribution in [2.45, 2.75) is 58.0 Å². The van der Waals surface area contributed by atoms with Crippen LogP contribution in [0.3, 0.4) is 0 Å². The summed E-state index contributed by atoms with van der Waals surface area (Å²) in [7, 11) is 0. The molecule has 4 nitrogen and oxygen atoms in total. The second kappa shape index (κ2) is 10.6. The lowest BCUT2D eigenvalue weighted by Crippen LogP contribution is -2.32. The highest BCUT2D eigenvalue weighted by atomic mass is 79.9. The molecule has 0 N–H and O–H groups in total. The number of para-hydroxylation sites is 1. The Bertz CT molecular complexity index is 830. The predicted octanol–water partition coefficient (Wildman–Crippen LogP) is 5.78. The molecule has 29 heavy (non-hydrogen) atoms. The van der Waals surface area contributed by atoms with Gasteiger partial charge >= 0.3 is 0 Å². The van der Waals surface area contributed by atoms with Crippen LogP contribution in [0.1, 0.15) is 61.4 Å². The molecule has 1 amide bonds. The summed E-state index contributed by atoms with van der Waals surface area (Å²) in [6, 6.07) is 15.8. The third-order valence-electron chi connectivity index (χ3n) is 5.08. The molecule has 1 saturated carbocycles. The Hall–Kier alpha value is -2.14. The highest BCUT2D eigenvalue weighted by Gasteiger charge is 2.33. The van der Waals surface area contributed by atoms with Gasteiger partial charge in [-0.3, -0.25) is 4.79 Å². The molecule has 0 bridgehead atoms. The van der Waals surface area contributed by atoms with Crippen LogP contribution in [0.25, 0.3) is 0 Å². The molecule has 0 aromatic heterocycles. The van der Waals surface area contributed by atoms with Crippen molar-refractivity contribution in [2.24, 2.45) is 0 Å². The van der Waals surface area contributed by atoms with Crippen molar-refractivity contribution in [1.29, 1.82) is 0 Å². The van der Waals surface area contributed by atoms with E-state index >= 15 is 0 Å². The minimum atomic E-state index is 0.0686. The van der Waals surface area contributed by atoms with Gasteiger partial charge in [0.1, 0.15) is 11.5 Å². The molecule has 0 aliphatic heterocycles. The first kappa shape index (κ1) is 21.6. The Morgan fingerprint density at radius 1 is 1.03 bits per heavy atom. The van der Waals surface area contributed by atoms with Crippen LogP contribution in [0.5, 0.6) is 5.75 Å². The fourth-order valence-corrected chi connectivity index (χ4v) is 3.57. The average Bonchev–Trinajstić information content (AvgIpc) is 3.54. The smallest absolute Gasteiger partial charge is 0.254 e. The van der Waals surface area contributed by atoms with Gasteiger partial charge in [0.15, 0.2) is 0 Å². The Morgan fingerprint density at radius 2 is 1.76 bits per heavy atom. The number of ether oxygens (including phenoxy) is 1. The molecular weight excluding hydrogens is 430 g/mol. The van der Waals surface area contributed by atoms with Crippen molar-refractivity contribution in [2.75, 3.05) is 6.61 Å². The summed E-state index contributed by atoms with van der Waals surface area (Å²) in [5.41, 5.74) is 1.75. The maximum atomic E-state index is 13.1. The van der Waals surface area contributed by atoms with E-state index in [1.54, 1.807) is 6.92 Å². The monoisotopic (exact) mass is 457 g/mol. The minimum absolute atomic E-state index is 0.0686. The van der Waals surface area contributed by atoms with Crippen LogP contribution in [-0.4, -0.2) is 29.2 Å². The number of hydrogen-bond donors (Lipinski definition) is 0. The Labute approximate surface area is 181 Å². The highest BCUT2D eigenvalue weighted by molar-refractivity contribution is 9.10. The number of halogens is 1. The molecule has 0 saturated heterocycles. The molecule has 1 aliphatic carbocycles. The first-order chi connectivity index (χ1) is 14.0. The zero-order valence-corrected chi connectivity index (χ0v) is 18.5. The summed E-state index contributed by atoms with van der Waals surface area (Å²) in [6.07, 6.45) is 5.58. The van der Waals surface area contributed by atoms with Gasteiger partial charge in [0.25, 0.3) is 5.91 Å². The topological polar surface area (TPSA) is 46.6 Å². The summed E-state index contributed by atoms with van der Waals surface area (Å²) in [6.45, 7) is 2.81. The predicted molar refractivity (Wildman–Crippen MR) is 118 cm³/mol. The summed E-state index contributed by atoms with van der Waals surface area (Å²) in [4.78, 5) is 26.1. The average molecular weight is 458 g/mol. The number of rotatable bonds is 11. The van der Waals surface area contributed by atoms with E-state index in [-0.39, 0.29) is 11.7 Å². The van der Waals surface area contributed by atoms with Gasteiger partial charge in [0, 0.05) is 34.6 Å². The van der Waals surface area contributed by atoms with Crippen molar-refractivity contribution in [3.05, 3.63) is 64.1 Å². The van der Waals surface area contributed by atoms with Crippen molar-refractivity contribution in [3.63, 3.8) is 0 Å². The third kappa shape index (κ3) is 6.70. The molecule has 2 aromatic carbocycles. The normalized spacial score (nSPS) is 13.2. The highest BCUT2D eigenvalue weighted by Crippen LogP contribution is 2.32. The Morgan fingerprint density at radius 3 is 2.45 bits per heavy atom. The molecule has 154 valence electrons. The van der Waals surface area contributed by atoms with Crippen LogP contribution >= 0.6 is 15.9 Å². The van der Waals surface area contributed by atoms with E-state index in [9.17, 15) is 9.59 Å². The van der Waals surface area contributed by atoms with Crippen LogP contribution in [0.2, 0.25) is 0 Å². The molecule has 0 spiro atoms. The summed E-state index contributed by atoms with van der Waals surface area (Å²) in [5.74, 6) is 1.15. The lowest BCUT2D eigenvalue weighted by atomic mass is 10.1. The van der Waals surface area contributed by atoms with Crippen molar-refractivity contribution in [3.8, 4) is 5.75 Å². The van der Waals surface area contributed by atoms with E-state index in [0.29, 0.717) is 31.2 Å². The summed E-state index contributed by atoms with van der Waals surface area (Å²) >= 11 is 3.42. The summed E-state index contributed by atoms with van der Waals surface area (Å²) in [5, 5.41) is 0. The van der Waals surface area contributed by atoms with Gasteiger partial charge in [-0.1, -0.05) is 34.1 Å². The third-order valence-corrected chi connectivity index (χ3v) is 5.61. The molecule has 1 fully saturated rings. The Kier molecular flexibility index (Phi) is 7.87. The minimum Gasteiger partial charge on any atom is -0.493 e. The number of ketones is 1. The largest absolute Gasteiger partial charge is 0.493 e. The molecule has 3 rings (SSSR count). The van der Waals surface area contributed by atoms with Crippen molar-refractivity contribution >= 4 is 27.6 Å². The van der Waals surface area contributed by atoms with Crippen molar-refractivity contribution in [1.82, 2.24) is 4.90 Å². The standard InChI is InChI=1S/C24H28BrNO3/c1-18(27)7-3-2-6-16-29-23-9-5-4-8-20(23)17-26(22-14-15-22)24(28)19-10-12-21(25)13-11-19/h4-5,8-13,22H,2-3,6-7,14-17H2,1H3. The van der Waals surface area contributed by atoms with Crippen molar-refractivity contribution < 1.29 is 14.3 Å². The van der Waals surface area contributed by atoms with E-state index < -0.39 is 0 Å². The fourth-order valence-electron chi connectivity index (χ4n) is 3.30. The molecule has 5 heteroatoms. The van der Waals surface area contributed by atoms with Gasteiger partial charge in [0.05, 0.1) is 6.61 Å². The van der Waals surface area contributed by atoms with Gasteiger partial charge in [0.2, 0.25) is 0 Å². The lowest BCUT2D eigenvalue weighted by Gasteiger charge is -2.24. The van der Waals surface area contributed by atoms with Crippen LogP contribution in [-0.2, 0) is 11.3 Å². The second-order valence-corrected chi connectivity index (χ2v) is 8.56. The maximum absolute atomic E-state index is 13.1. The Balaban J connectivity index is 1.61. The van der Waals surface area contributed by atoms with Gasteiger partial charge in [-0.25, -0.2) is 0 Å². The van der Waals surface area contributed by atoms with Crippen LogP contribution in [0.4, 0.5) is 0 Å². The molecule has 2 aromatic rings. The van der Waals surface area contributed by atoms with Gasteiger partial charge < -0.3 is 14.4 Å². The second-order valence-electron chi connectivity index (χ2n) is 7.64. The molecule has 0 atom stereocenters. The van der Waals surface area contributed by atoms with Gasteiger partial charge in [-0.15, -0.1) is 0 Å². The first-order valence-corrected chi connectivity index (χ1v) is 11.1. The van der Waals surface area contributed by atoms with Gasteiger partial charge in [-0.05, 0) is 69.4 Å². The number of carbonyl (C=O) groups is 2. The fraction of sp³-hybridized carbons (Fsp3) is 0.417. The number of Topliss-reactive ketones (excluding diaryl/α,β-unsaturated/α-hetero) is 1. The molecule has 0 heterocycles. The van der Waals surface area contributed by atoms with Gasteiger partial charge in [-0.2, -0.15) is 0 Å². The lowest BCUT2D eigenvalue weighted by molar-refractivity contribution is -0.117. The van der Waals surface area contributed by atoms with Crippen LogP contribution in [0.15, 0.2) is 53.0 Å². The zero-order chi connectivity index (χ0) is 20.6. The molecule has 0 radical (unpaired) electrons. The van der Waals surface area contributed by atoms with E-state index in [1.807, 2.05) is 53.4 Å². The van der Waals surface area contributed by atoms with E-state index in [2.05, 4.69) is 15.9 Å². The van der Waals surface area contributed by atoms with Crippen LogP contribution in [0, 0.1) is 0 Å². The number of benzene rings is 2. The maximum Gasteiger partial charge on any atom is 0.254 e. The number of nitrogens with zero attached hydrogens (tertiary/aromatic N) is 1. The number of hydrogen-bond acceptors (Lipinski definition) is 3. The quantitative estimate of drug-likeness (QED) is 0.401. The molecule has 0 unspecified atom stereocenters. The van der Waals surface area contributed by atoms with Crippen LogP contribution < -0.4 is 4.74 Å². The zero-order valence-electron chi connectivity index (χ0n) is 16.9.